The molecule has 5 nitrogen and oxygen atoms in total. The van der Waals surface area contributed by atoms with Gasteiger partial charge in [0.1, 0.15) is 13.2 Å². The number of carbonyl (C=O) groups excluding carboxylic acids is 1. The lowest BCUT2D eigenvalue weighted by Gasteiger charge is -2.14. The van der Waals surface area contributed by atoms with Crippen molar-refractivity contribution in [2.45, 2.75) is 39.9 Å². The van der Waals surface area contributed by atoms with Crippen molar-refractivity contribution >= 4 is 6.16 Å². The van der Waals surface area contributed by atoms with Gasteiger partial charge in [-0.3, -0.25) is 0 Å². The largest absolute Gasteiger partial charge is 0.508 e. The number of carbonyl (C=O) groups is 1. The van der Waals surface area contributed by atoms with Gasteiger partial charge in [0.2, 0.25) is 0 Å². The average molecular weight is 234 g/mol. The summed E-state index contributed by atoms with van der Waals surface area (Å²) in [6.45, 7) is 9.05. The van der Waals surface area contributed by atoms with Crippen molar-refractivity contribution in [1.29, 1.82) is 0 Å². The Kier molecular flexibility index (Phi) is 8.94. The third-order valence-electron chi connectivity index (χ3n) is 1.77. The Bertz CT molecular complexity index is 165. The highest BCUT2D eigenvalue weighted by atomic mass is 16.7. The van der Waals surface area contributed by atoms with Gasteiger partial charge in [-0.25, -0.2) is 4.79 Å². The lowest BCUT2D eigenvalue weighted by atomic mass is 10.4. The summed E-state index contributed by atoms with van der Waals surface area (Å²) in [6, 6.07) is 0. The summed E-state index contributed by atoms with van der Waals surface area (Å²) >= 11 is 0. The fourth-order valence-corrected chi connectivity index (χ4v) is 1.08. The molecule has 16 heavy (non-hydrogen) atoms. The van der Waals surface area contributed by atoms with Crippen LogP contribution in [-0.2, 0) is 18.9 Å². The SMILES string of the molecule is CCOC(C)COC(=O)OCC(C)OCC. The van der Waals surface area contributed by atoms with E-state index in [1.807, 2.05) is 27.7 Å². The van der Waals surface area contributed by atoms with E-state index in [2.05, 4.69) is 0 Å². The molecule has 0 aromatic heterocycles. The fraction of sp³-hybridized carbons (Fsp3) is 0.909. The van der Waals surface area contributed by atoms with Crippen LogP contribution < -0.4 is 0 Å². The van der Waals surface area contributed by atoms with E-state index >= 15 is 0 Å². The third kappa shape index (κ3) is 8.49. The number of rotatable bonds is 8. The molecular formula is C11H22O5. The van der Waals surface area contributed by atoms with Crippen molar-refractivity contribution in [3.63, 3.8) is 0 Å². The van der Waals surface area contributed by atoms with Gasteiger partial charge < -0.3 is 18.9 Å². The number of hydrogen-bond donors (Lipinski definition) is 0. The summed E-state index contributed by atoms with van der Waals surface area (Å²) in [4.78, 5) is 11.1. The van der Waals surface area contributed by atoms with E-state index in [4.69, 9.17) is 18.9 Å². The molecule has 0 bridgehead atoms. The predicted octanol–water partition coefficient (Wildman–Crippen LogP) is 1.99. The molecule has 0 aliphatic rings. The van der Waals surface area contributed by atoms with Gasteiger partial charge in [-0.2, -0.15) is 0 Å². The highest BCUT2D eigenvalue weighted by Gasteiger charge is 2.10. The first-order valence-corrected chi connectivity index (χ1v) is 5.62. The number of hydrogen-bond acceptors (Lipinski definition) is 5. The summed E-state index contributed by atoms with van der Waals surface area (Å²) in [7, 11) is 0. The smallest absolute Gasteiger partial charge is 0.432 e. The van der Waals surface area contributed by atoms with Crippen LogP contribution in [0.4, 0.5) is 4.79 Å². The van der Waals surface area contributed by atoms with Crippen LogP contribution in [-0.4, -0.2) is 44.8 Å². The van der Waals surface area contributed by atoms with Crippen LogP contribution in [0.5, 0.6) is 0 Å². The minimum Gasteiger partial charge on any atom is -0.432 e. The topological polar surface area (TPSA) is 54.0 Å². The van der Waals surface area contributed by atoms with Gasteiger partial charge in [-0.15, -0.1) is 0 Å². The molecule has 0 radical (unpaired) electrons. The third-order valence-corrected chi connectivity index (χ3v) is 1.77. The monoisotopic (exact) mass is 234 g/mol. The molecule has 2 atom stereocenters. The molecule has 0 aromatic carbocycles. The Labute approximate surface area is 97.0 Å². The maximum Gasteiger partial charge on any atom is 0.508 e. The number of ether oxygens (including phenoxy) is 4. The van der Waals surface area contributed by atoms with Crippen LogP contribution in [0.1, 0.15) is 27.7 Å². The standard InChI is InChI=1S/C11H22O5/c1-5-13-9(3)7-15-11(12)16-8-10(4)14-6-2/h9-10H,5-8H2,1-4H3. The molecule has 0 heterocycles. The van der Waals surface area contributed by atoms with Gasteiger partial charge >= 0.3 is 6.16 Å². The van der Waals surface area contributed by atoms with Crippen molar-refractivity contribution in [3.05, 3.63) is 0 Å². The van der Waals surface area contributed by atoms with Crippen molar-refractivity contribution in [2.75, 3.05) is 26.4 Å². The predicted molar refractivity (Wildman–Crippen MR) is 59.5 cm³/mol. The van der Waals surface area contributed by atoms with Crippen LogP contribution in [0.25, 0.3) is 0 Å². The van der Waals surface area contributed by atoms with Crippen molar-refractivity contribution in [2.24, 2.45) is 0 Å². The molecule has 0 N–H and O–H groups in total. The van der Waals surface area contributed by atoms with Crippen LogP contribution in [0, 0.1) is 0 Å². The van der Waals surface area contributed by atoms with E-state index in [-0.39, 0.29) is 25.4 Å². The summed E-state index contributed by atoms with van der Waals surface area (Å²) in [5.41, 5.74) is 0. The van der Waals surface area contributed by atoms with E-state index in [1.54, 1.807) is 0 Å². The molecule has 0 spiro atoms. The van der Waals surface area contributed by atoms with E-state index in [0.717, 1.165) is 0 Å². The van der Waals surface area contributed by atoms with Crippen LogP contribution in [0.15, 0.2) is 0 Å². The Morgan fingerprint density at radius 2 is 1.31 bits per heavy atom. The van der Waals surface area contributed by atoms with E-state index in [9.17, 15) is 4.79 Å². The normalized spacial score (nSPS) is 14.2. The maximum atomic E-state index is 11.1. The van der Waals surface area contributed by atoms with E-state index < -0.39 is 6.16 Å². The summed E-state index contributed by atoms with van der Waals surface area (Å²) in [5.74, 6) is 0. The van der Waals surface area contributed by atoms with E-state index in [1.165, 1.54) is 0 Å². The van der Waals surface area contributed by atoms with Crippen molar-refractivity contribution < 1.29 is 23.7 Å². The molecule has 0 aliphatic carbocycles. The van der Waals surface area contributed by atoms with Gasteiger partial charge in [0.05, 0.1) is 12.2 Å². The second-order valence-electron chi connectivity index (χ2n) is 3.40. The molecule has 0 aromatic rings. The van der Waals surface area contributed by atoms with Gasteiger partial charge in [-0.1, -0.05) is 0 Å². The molecule has 0 aliphatic heterocycles. The Morgan fingerprint density at radius 3 is 1.62 bits per heavy atom. The lowest BCUT2D eigenvalue weighted by Crippen LogP contribution is -2.23. The molecule has 96 valence electrons. The molecule has 0 rings (SSSR count). The summed E-state index contributed by atoms with van der Waals surface area (Å²) < 4.78 is 20.1. The zero-order chi connectivity index (χ0) is 12.4. The molecule has 0 saturated heterocycles. The first-order chi connectivity index (χ1) is 7.60. The van der Waals surface area contributed by atoms with Crippen molar-refractivity contribution in [3.8, 4) is 0 Å². The zero-order valence-corrected chi connectivity index (χ0v) is 10.5. The minimum atomic E-state index is -0.682. The fourth-order valence-electron chi connectivity index (χ4n) is 1.08. The Morgan fingerprint density at radius 1 is 0.938 bits per heavy atom. The molecular weight excluding hydrogens is 212 g/mol. The van der Waals surface area contributed by atoms with Crippen LogP contribution in [0.3, 0.4) is 0 Å². The van der Waals surface area contributed by atoms with E-state index in [0.29, 0.717) is 13.2 Å². The first-order valence-electron chi connectivity index (χ1n) is 5.62. The van der Waals surface area contributed by atoms with Crippen LogP contribution in [0.2, 0.25) is 0 Å². The average Bonchev–Trinajstić information content (AvgIpc) is 2.24. The Balaban J connectivity index is 3.51. The van der Waals surface area contributed by atoms with Crippen LogP contribution >= 0.6 is 0 Å². The Hall–Kier alpha value is -0.810. The molecule has 0 amide bonds. The van der Waals surface area contributed by atoms with Gasteiger partial charge in [0.15, 0.2) is 0 Å². The summed E-state index contributed by atoms with van der Waals surface area (Å²) in [6.07, 6.45) is -0.901. The maximum absolute atomic E-state index is 11.1. The molecule has 2 unspecified atom stereocenters. The second kappa shape index (κ2) is 9.42. The molecule has 5 heteroatoms. The molecule has 0 fully saturated rings. The van der Waals surface area contributed by atoms with Gasteiger partial charge in [-0.05, 0) is 27.7 Å². The zero-order valence-electron chi connectivity index (χ0n) is 10.5. The molecule has 0 saturated carbocycles. The first kappa shape index (κ1) is 15.2. The minimum absolute atomic E-state index is 0.109. The van der Waals surface area contributed by atoms with Crippen molar-refractivity contribution in [1.82, 2.24) is 0 Å². The lowest BCUT2D eigenvalue weighted by molar-refractivity contribution is -0.0265. The van der Waals surface area contributed by atoms with Gasteiger partial charge in [0.25, 0.3) is 0 Å². The summed E-state index contributed by atoms with van der Waals surface area (Å²) in [5, 5.41) is 0. The quantitative estimate of drug-likeness (QED) is 0.601. The van der Waals surface area contributed by atoms with Gasteiger partial charge in [0, 0.05) is 13.2 Å². The highest BCUT2D eigenvalue weighted by molar-refractivity contribution is 5.59. The highest BCUT2D eigenvalue weighted by Crippen LogP contribution is 1.96. The second-order valence-corrected chi connectivity index (χ2v) is 3.40.